The van der Waals surface area contributed by atoms with E-state index < -0.39 is 5.60 Å². The maximum absolute atomic E-state index is 10.3. The van der Waals surface area contributed by atoms with E-state index in [1.54, 1.807) is 0 Å². The summed E-state index contributed by atoms with van der Waals surface area (Å²) in [6.07, 6.45) is 17.5. The Morgan fingerprint density at radius 3 is 2.48 bits per heavy atom. The highest BCUT2D eigenvalue weighted by atomic mass is 16.3. The molecule has 21 heavy (non-hydrogen) atoms. The summed E-state index contributed by atoms with van der Waals surface area (Å²) in [5.41, 5.74) is -0.0722. The van der Waals surface area contributed by atoms with Crippen LogP contribution in [0.15, 0.2) is 12.2 Å². The van der Waals surface area contributed by atoms with Crippen LogP contribution in [0.3, 0.4) is 0 Å². The number of hydrogen-bond donors (Lipinski definition) is 2. The van der Waals surface area contributed by atoms with Gasteiger partial charge in [-0.3, -0.25) is 0 Å². The third kappa shape index (κ3) is 4.82. The zero-order chi connectivity index (χ0) is 15.3. The van der Waals surface area contributed by atoms with Crippen LogP contribution in [-0.4, -0.2) is 21.9 Å². The Bertz CT molecular complexity index is 342. The molecule has 0 spiro atoms. The second kappa shape index (κ2) is 7.28. The molecule has 2 aliphatic carbocycles. The van der Waals surface area contributed by atoms with Crippen LogP contribution in [0.5, 0.6) is 0 Å². The molecule has 2 heteroatoms. The molecule has 0 saturated heterocycles. The molecular formula is C19H34O2. The first-order valence-electron chi connectivity index (χ1n) is 8.98. The van der Waals surface area contributed by atoms with E-state index in [1.807, 2.05) is 13.8 Å². The van der Waals surface area contributed by atoms with Crippen LogP contribution in [-0.2, 0) is 0 Å². The SMILES string of the molecule is CC(C)(O)CCC/C=C\CC[C@]12CCC[C@@H](O)[C@@H]1CCC2. The first kappa shape index (κ1) is 17.0. The summed E-state index contributed by atoms with van der Waals surface area (Å²) >= 11 is 0. The number of fused-ring (bicyclic) bond motifs is 1. The summed E-state index contributed by atoms with van der Waals surface area (Å²) in [4.78, 5) is 0. The summed E-state index contributed by atoms with van der Waals surface area (Å²) in [7, 11) is 0. The topological polar surface area (TPSA) is 40.5 Å². The van der Waals surface area contributed by atoms with Gasteiger partial charge in [0, 0.05) is 0 Å². The molecule has 2 saturated carbocycles. The van der Waals surface area contributed by atoms with Gasteiger partial charge in [0.05, 0.1) is 11.7 Å². The molecule has 2 fully saturated rings. The Hall–Kier alpha value is -0.340. The standard InChI is InChI=1S/C19H34O2/c1-18(2,21)12-6-4-3-5-7-13-19-14-8-10-16(19)17(20)11-9-15-19/h3,5,16-17,20-21H,4,6-15H2,1-2H3/b5-3-/t16-,17+,19-/m0/s1. The molecule has 0 aliphatic heterocycles. The van der Waals surface area contributed by atoms with Gasteiger partial charge in [0.2, 0.25) is 0 Å². The summed E-state index contributed by atoms with van der Waals surface area (Å²) in [6.45, 7) is 3.76. The third-order valence-corrected chi connectivity index (χ3v) is 5.75. The molecule has 122 valence electrons. The average Bonchev–Trinajstić information content (AvgIpc) is 2.82. The van der Waals surface area contributed by atoms with Crippen molar-refractivity contribution in [1.29, 1.82) is 0 Å². The van der Waals surface area contributed by atoms with Gasteiger partial charge in [0.1, 0.15) is 0 Å². The van der Waals surface area contributed by atoms with Crippen LogP contribution in [0, 0.1) is 11.3 Å². The van der Waals surface area contributed by atoms with Gasteiger partial charge in [-0.15, -0.1) is 0 Å². The van der Waals surface area contributed by atoms with Crippen LogP contribution in [0.2, 0.25) is 0 Å². The van der Waals surface area contributed by atoms with Crippen LogP contribution in [0.4, 0.5) is 0 Å². The number of allylic oxidation sites excluding steroid dienone is 2. The highest BCUT2D eigenvalue weighted by Gasteiger charge is 2.47. The second-order valence-electron chi connectivity index (χ2n) is 8.04. The number of rotatable bonds is 7. The van der Waals surface area contributed by atoms with Crippen molar-refractivity contribution >= 4 is 0 Å². The minimum Gasteiger partial charge on any atom is -0.393 e. The lowest BCUT2D eigenvalue weighted by atomic mass is 9.64. The van der Waals surface area contributed by atoms with Crippen molar-refractivity contribution in [3.8, 4) is 0 Å². The number of aliphatic hydroxyl groups is 2. The van der Waals surface area contributed by atoms with E-state index >= 15 is 0 Å². The highest BCUT2D eigenvalue weighted by molar-refractivity contribution is 4.99. The lowest BCUT2D eigenvalue weighted by molar-refractivity contribution is -0.0119. The van der Waals surface area contributed by atoms with Gasteiger partial charge in [-0.25, -0.2) is 0 Å². The molecule has 2 rings (SSSR count). The van der Waals surface area contributed by atoms with E-state index in [4.69, 9.17) is 0 Å². The molecule has 0 amide bonds. The van der Waals surface area contributed by atoms with Crippen molar-refractivity contribution in [2.24, 2.45) is 11.3 Å². The maximum Gasteiger partial charge on any atom is 0.0591 e. The average molecular weight is 294 g/mol. The van der Waals surface area contributed by atoms with Gasteiger partial charge in [0.25, 0.3) is 0 Å². The Morgan fingerprint density at radius 2 is 1.76 bits per heavy atom. The monoisotopic (exact) mass is 294 g/mol. The predicted molar refractivity (Wildman–Crippen MR) is 88.2 cm³/mol. The molecule has 0 heterocycles. The first-order chi connectivity index (χ1) is 9.93. The Balaban J connectivity index is 1.70. The Labute approximate surface area is 130 Å². The molecule has 0 bridgehead atoms. The van der Waals surface area contributed by atoms with Crippen LogP contribution in [0.1, 0.15) is 84.5 Å². The molecule has 2 nitrogen and oxygen atoms in total. The van der Waals surface area contributed by atoms with Crippen molar-refractivity contribution < 1.29 is 10.2 Å². The smallest absolute Gasteiger partial charge is 0.0591 e. The molecule has 3 atom stereocenters. The third-order valence-electron chi connectivity index (χ3n) is 5.75. The molecule has 0 unspecified atom stereocenters. The zero-order valence-electron chi connectivity index (χ0n) is 14.0. The van der Waals surface area contributed by atoms with E-state index in [9.17, 15) is 10.2 Å². The van der Waals surface area contributed by atoms with Crippen molar-refractivity contribution in [2.75, 3.05) is 0 Å². The maximum atomic E-state index is 10.3. The fourth-order valence-corrected chi connectivity index (χ4v) is 4.64. The van der Waals surface area contributed by atoms with Gasteiger partial charge < -0.3 is 10.2 Å². The van der Waals surface area contributed by atoms with E-state index in [1.165, 1.54) is 38.5 Å². The van der Waals surface area contributed by atoms with Gasteiger partial charge in [-0.1, -0.05) is 25.0 Å². The second-order valence-corrected chi connectivity index (χ2v) is 8.04. The van der Waals surface area contributed by atoms with Gasteiger partial charge in [0.15, 0.2) is 0 Å². The lowest BCUT2D eigenvalue weighted by Gasteiger charge is -2.42. The van der Waals surface area contributed by atoms with E-state index in [0.717, 1.165) is 32.1 Å². The van der Waals surface area contributed by atoms with Crippen LogP contribution < -0.4 is 0 Å². The van der Waals surface area contributed by atoms with Crippen molar-refractivity contribution in [3.05, 3.63) is 12.2 Å². The molecular weight excluding hydrogens is 260 g/mol. The van der Waals surface area contributed by atoms with Crippen molar-refractivity contribution in [3.63, 3.8) is 0 Å². The molecule has 0 radical (unpaired) electrons. The van der Waals surface area contributed by atoms with Crippen LogP contribution >= 0.6 is 0 Å². The Morgan fingerprint density at radius 1 is 1.10 bits per heavy atom. The molecule has 0 aromatic rings. The molecule has 2 N–H and O–H groups in total. The van der Waals surface area contributed by atoms with E-state index in [-0.39, 0.29) is 6.10 Å². The number of aliphatic hydroxyl groups excluding tert-OH is 1. The normalized spacial score (nSPS) is 33.5. The number of hydrogen-bond acceptors (Lipinski definition) is 2. The van der Waals surface area contributed by atoms with Crippen LogP contribution in [0.25, 0.3) is 0 Å². The first-order valence-corrected chi connectivity index (χ1v) is 8.98. The summed E-state index contributed by atoms with van der Waals surface area (Å²) in [5, 5.41) is 19.9. The predicted octanol–water partition coefficient (Wildman–Crippen LogP) is 4.60. The van der Waals surface area contributed by atoms with Gasteiger partial charge in [-0.05, 0) is 83.0 Å². The molecule has 2 aliphatic rings. The van der Waals surface area contributed by atoms with E-state index in [2.05, 4.69) is 12.2 Å². The van der Waals surface area contributed by atoms with E-state index in [0.29, 0.717) is 11.3 Å². The largest absolute Gasteiger partial charge is 0.393 e. The quantitative estimate of drug-likeness (QED) is 0.532. The van der Waals surface area contributed by atoms with Crippen molar-refractivity contribution in [2.45, 2.75) is 96.2 Å². The highest BCUT2D eigenvalue weighted by Crippen LogP contribution is 2.54. The minimum absolute atomic E-state index is 0.0305. The fraction of sp³-hybridized carbons (Fsp3) is 0.895. The zero-order valence-corrected chi connectivity index (χ0v) is 14.0. The van der Waals surface area contributed by atoms with Gasteiger partial charge >= 0.3 is 0 Å². The molecule has 0 aromatic carbocycles. The Kier molecular flexibility index (Phi) is 5.90. The van der Waals surface area contributed by atoms with Gasteiger partial charge in [-0.2, -0.15) is 0 Å². The summed E-state index contributed by atoms with van der Waals surface area (Å²) in [5.74, 6) is 0.579. The van der Waals surface area contributed by atoms with Crippen molar-refractivity contribution in [1.82, 2.24) is 0 Å². The fourth-order valence-electron chi connectivity index (χ4n) is 4.64. The number of unbranched alkanes of at least 4 members (excludes halogenated alkanes) is 1. The summed E-state index contributed by atoms with van der Waals surface area (Å²) < 4.78 is 0. The molecule has 0 aromatic heterocycles. The summed E-state index contributed by atoms with van der Waals surface area (Å²) in [6, 6.07) is 0. The minimum atomic E-state index is -0.526. The lowest BCUT2D eigenvalue weighted by Crippen LogP contribution is -2.38.